The molecule has 1 saturated heterocycles. The summed E-state index contributed by atoms with van der Waals surface area (Å²) < 4.78 is 5.01. The fourth-order valence-electron chi connectivity index (χ4n) is 5.30. The lowest BCUT2D eigenvalue weighted by Crippen LogP contribution is -2.63. The average Bonchev–Trinajstić information content (AvgIpc) is 2.64. The Morgan fingerprint density at radius 1 is 1.14 bits per heavy atom. The van der Waals surface area contributed by atoms with Crippen LogP contribution < -0.4 is 10.1 Å². The average molecular weight is 403 g/mol. The van der Waals surface area contributed by atoms with Gasteiger partial charge in [-0.3, -0.25) is 29.4 Å². The van der Waals surface area contributed by atoms with E-state index in [1.807, 2.05) is 0 Å². The second-order valence-corrected chi connectivity index (χ2v) is 8.98. The summed E-state index contributed by atoms with van der Waals surface area (Å²) in [5, 5.41) is 14.1. The maximum Gasteiger partial charge on any atom is 0.296 e. The van der Waals surface area contributed by atoms with Gasteiger partial charge in [-0.25, -0.2) is 0 Å². The minimum atomic E-state index is -1.04. The minimum Gasteiger partial charge on any atom is -0.496 e. The summed E-state index contributed by atoms with van der Waals surface area (Å²) in [6.07, 6.45) is 0.886. The molecule has 1 saturated carbocycles. The lowest BCUT2D eigenvalue weighted by Gasteiger charge is -2.55. The van der Waals surface area contributed by atoms with Crippen LogP contribution in [0.1, 0.15) is 40.0 Å². The third-order valence-electron chi connectivity index (χ3n) is 6.18. The third kappa shape index (κ3) is 3.24. The van der Waals surface area contributed by atoms with E-state index in [1.54, 1.807) is 20.8 Å². The van der Waals surface area contributed by atoms with Crippen molar-refractivity contribution < 1.29 is 24.0 Å². The van der Waals surface area contributed by atoms with Crippen molar-refractivity contribution in [2.45, 2.75) is 40.0 Å². The molecule has 9 heteroatoms. The molecule has 0 spiro atoms. The van der Waals surface area contributed by atoms with Crippen molar-refractivity contribution in [1.29, 1.82) is 0 Å². The summed E-state index contributed by atoms with van der Waals surface area (Å²) in [7, 11) is 2.87. The zero-order chi connectivity index (χ0) is 21.8. The van der Waals surface area contributed by atoms with Gasteiger partial charge in [-0.2, -0.15) is 0 Å². The van der Waals surface area contributed by atoms with Gasteiger partial charge >= 0.3 is 0 Å². The van der Waals surface area contributed by atoms with E-state index in [0.717, 1.165) is 4.90 Å². The van der Waals surface area contributed by atoms with Gasteiger partial charge < -0.3 is 10.1 Å². The van der Waals surface area contributed by atoms with Gasteiger partial charge in [0.05, 0.1) is 18.1 Å². The van der Waals surface area contributed by atoms with Crippen molar-refractivity contribution in [3.05, 3.63) is 28.3 Å². The Morgan fingerprint density at radius 2 is 1.69 bits per heavy atom. The number of nitrogens with zero attached hydrogens (tertiary/aromatic N) is 2. The molecule has 2 aliphatic rings. The van der Waals surface area contributed by atoms with Crippen LogP contribution in [-0.4, -0.2) is 41.7 Å². The van der Waals surface area contributed by atoms with Crippen LogP contribution in [0.3, 0.4) is 0 Å². The van der Waals surface area contributed by atoms with Crippen molar-refractivity contribution in [1.82, 2.24) is 4.90 Å². The number of hydrogen-bond acceptors (Lipinski definition) is 6. The van der Waals surface area contributed by atoms with Gasteiger partial charge in [-0.1, -0.05) is 20.8 Å². The summed E-state index contributed by atoms with van der Waals surface area (Å²) in [6.45, 7) is 5.26. The smallest absolute Gasteiger partial charge is 0.296 e. The van der Waals surface area contributed by atoms with Gasteiger partial charge in [0, 0.05) is 23.3 Å². The number of methoxy groups -OCH3 is 1. The molecule has 1 aliphatic heterocycles. The molecule has 2 bridgehead atoms. The molecule has 1 heterocycles. The van der Waals surface area contributed by atoms with Crippen LogP contribution in [0.5, 0.6) is 5.75 Å². The summed E-state index contributed by atoms with van der Waals surface area (Å²) in [6, 6.07) is 4.17. The number of carbonyl (C=O) groups excluding carboxylic acids is 3. The number of fused-ring (bicyclic) bond motifs is 2. The number of ether oxygens (including phenoxy) is 1. The third-order valence-corrected chi connectivity index (χ3v) is 6.18. The number of nitro benzene ring substituents is 1. The maximum atomic E-state index is 13.2. The zero-order valence-corrected chi connectivity index (χ0v) is 17.2. The predicted molar refractivity (Wildman–Crippen MR) is 104 cm³/mol. The molecule has 3 rings (SSSR count). The van der Waals surface area contributed by atoms with E-state index in [1.165, 1.54) is 32.4 Å². The number of piperidine rings is 1. The van der Waals surface area contributed by atoms with Crippen LogP contribution in [0.25, 0.3) is 0 Å². The summed E-state index contributed by atoms with van der Waals surface area (Å²) >= 11 is 0. The lowest BCUT2D eigenvalue weighted by atomic mass is 9.51. The van der Waals surface area contributed by atoms with Gasteiger partial charge in [0.1, 0.15) is 11.4 Å². The highest BCUT2D eigenvalue weighted by Crippen LogP contribution is 2.58. The normalized spacial score (nSPS) is 31.4. The van der Waals surface area contributed by atoms with Crippen molar-refractivity contribution in [3.63, 3.8) is 0 Å². The molecule has 3 amide bonds. The molecule has 2 unspecified atom stereocenters. The van der Waals surface area contributed by atoms with Gasteiger partial charge in [-0.05, 0) is 31.4 Å². The van der Waals surface area contributed by atoms with Gasteiger partial charge in [0.25, 0.3) is 5.69 Å². The quantitative estimate of drug-likeness (QED) is 0.469. The van der Waals surface area contributed by atoms with Crippen molar-refractivity contribution in [2.75, 3.05) is 19.5 Å². The van der Waals surface area contributed by atoms with Crippen LogP contribution in [0, 0.1) is 26.4 Å². The van der Waals surface area contributed by atoms with E-state index in [4.69, 9.17) is 4.74 Å². The molecule has 1 N–H and O–H groups in total. The highest BCUT2D eigenvalue weighted by atomic mass is 16.6. The van der Waals surface area contributed by atoms with Crippen LogP contribution in [0.2, 0.25) is 0 Å². The predicted octanol–water partition coefficient (Wildman–Crippen LogP) is 2.74. The highest BCUT2D eigenvalue weighted by Gasteiger charge is 2.62. The number of imide groups is 1. The number of nitro groups is 1. The molecular formula is C20H25N3O6. The number of carbonyl (C=O) groups is 3. The number of hydrogen-bond donors (Lipinski definition) is 1. The van der Waals surface area contributed by atoms with Gasteiger partial charge in [0.2, 0.25) is 17.7 Å². The molecule has 2 atom stereocenters. The number of benzene rings is 1. The largest absolute Gasteiger partial charge is 0.496 e. The van der Waals surface area contributed by atoms with E-state index in [0.29, 0.717) is 12.2 Å². The zero-order valence-electron chi connectivity index (χ0n) is 17.2. The van der Waals surface area contributed by atoms with E-state index < -0.39 is 27.1 Å². The Balaban J connectivity index is 1.95. The van der Waals surface area contributed by atoms with Crippen molar-refractivity contribution in [3.8, 4) is 5.75 Å². The number of amides is 3. The number of likely N-dealkylation sites (tertiary alicyclic amines) is 1. The molecule has 1 aliphatic carbocycles. The van der Waals surface area contributed by atoms with Crippen LogP contribution in [-0.2, 0) is 14.4 Å². The minimum absolute atomic E-state index is 0.0443. The molecule has 0 aromatic heterocycles. The Morgan fingerprint density at radius 3 is 2.17 bits per heavy atom. The molecule has 9 nitrogen and oxygen atoms in total. The molecule has 156 valence electrons. The summed E-state index contributed by atoms with van der Waals surface area (Å²) in [5.41, 5.74) is -2.99. The first kappa shape index (κ1) is 20.8. The molecular weight excluding hydrogens is 378 g/mol. The van der Waals surface area contributed by atoms with E-state index >= 15 is 0 Å². The lowest BCUT2D eigenvalue weighted by molar-refractivity contribution is -0.384. The first-order chi connectivity index (χ1) is 13.3. The Bertz CT molecular complexity index is 899. The molecule has 29 heavy (non-hydrogen) atoms. The van der Waals surface area contributed by atoms with E-state index in [-0.39, 0.29) is 36.0 Å². The molecule has 2 fully saturated rings. The SMILES string of the molecule is COc1ccc(NC(=O)C2(C)CC3(C)CC(C)(C2)C(=O)N(C)C3=O)c([N+](=O)[O-])c1. The second kappa shape index (κ2) is 6.53. The number of anilines is 1. The first-order valence-corrected chi connectivity index (χ1v) is 9.32. The molecule has 0 radical (unpaired) electrons. The Hall–Kier alpha value is -2.97. The van der Waals surface area contributed by atoms with Crippen molar-refractivity contribution >= 4 is 29.1 Å². The Kier molecular flexibility index (Phi) is 4.68. The Labute approximate surface area is 168 Å². The monoisotopic (exact) mass is 403 g/mol. The van der Waals surface area contributed by atoms with Gasteiger partial charge in [0.15, 0.2) is 0 Å². The second-order valence-electron chi connectivity index (χ2n) is 8.98. The molecule has 1 aromatic rings. The van der Waals surface area contributed by atoms with Crippen LogP contribution in [0.15, 0.2) is 18.2 Å². The maximum absolute atomic E-state index is 13.2. The van der Waals surface area contributed by atoms with Crippen LogP contribution >= 0.6 is 0 Å². The summed E-state index contributed by atoms with van der Waals surface area (Å²) in [5.74, 6) is -0.747. The van der Waals surface area contributed by atoms with Gasteiger partial charge in [-0.15, -0.1) is 0 Å². The van der Waals surface area contributed by atoms with Crippen molar-refractivity contribution in [2.24, 2.45) is 16.2 Å². The number of rotatable bonds is 4. The van der Waals surface area contributed by atoms with E-state index in [2.05, 4.69) is 5.32 Å². The summed E-state index contributed by atoms with van der Waals surface area (Å²) in [4.78, 5) is 50.7. The fourth-order valence-corrected chi connectivity index (χ4v) is 5.30. The van der Waals surface area contributed by atoms with Crippen LogP contribution in [0.4, 0.5) is 11.4 Å². The standard InChI is InChI=1S/C20H25N3O6/c1-18(9-19(2)11-20(3,10-18)17(26)22(4)16(19)25)15(24)21-13-7-6-12(29-5)8-14(13)23(27)28/h6-8H,9-11H2,1-5H3,(H,21,24). The topological polar surface area (TPSA) is 119 Å². The van der Waals surface area contributed by atoms with E-state index in [9.17, 15) is 24.5 Å². The fraction of sp³-hybridized carbons (Fsp3) is 0.550. The number of nitrogens with one attached hydrogen (secondary N) is 1. The first-order valence-electron chi connectivity index (χ1n) is 9.32. The highest BCUT2D eigenvalue weighted by molar-refractivity contribution is 6.05. The molecule has 1 aromatic carbocycles.